The minimum absolute atomic E-state index is 0.0549. The first-order valence-electron chi connectivity index (χ1n) is 7.78. The van der Waals surface area contributed by atoms with Crippen molar-refractivity contribution in [3.63, 3.8) is 0 Å². The summed E-state index contributed by atoms with van der Waals surface area (Å²) < 4.78 is 0. The van der Waals surface area contributed by atoms with Crippen LogP contribution in [0.1, 0.15) is 25.6 Å². The average Bonchev–Trinajstić information content (AvgIpc) is 3.07. The fourth-order valence-corrected chi connectivity index (χ4v) is 2.87. The van der Waals surface area contributed by atoms with Crippen LogP contribution in [0.3, 0.4) is 0 Å². The van der Waals surface area contributed by atoms with Gasteiger partial charge >= 0.3 is 0 Å². The Kier molecular flexibility index (Phi) is 8.18. The van der Waals surface area contributed by atoms with Gasteiger partial charge in [0, 0.05) is 17.5 Å². The summed E-state index contributed by atoms with van der Waals surface area (Å²) in [7, 11) is 1.67. The van der Waals surface area contributed by atoms with Gasteiger partial charge in [0.25, 0.3) is 0 Å². The van der Waals surface area contributed by atoms with Crippen LogP contribution >= 0.6 is 11.3 Å². The van der Waals surface area contributed by atoms with Crippen molar-refractivity contribution >= 4 is 29.6 Å². The normalized spacial score (nSPS) is 12.6. The zero-order valence-electron chi connectivity index (χ0n) is 14.5. The van der Waals surface area contributed by atoms with Crippen LogP contribution in [0, 0.1) is 5.92 Å². The molecule has 0 bridgehead atoms. The van der Waals surface area contributed by atoms with Crippen LogP contribution < -0.4 is 10.6 Å². The number of hydrogen-bond donors (Lipinski definition) is 2. The molecule has 6 nitrogen and oxygen atoms in total. The van der Waals surface area contributed by atoms with E-state index in [9.17, 15) is 14.4 Å². The van der Waals surface area contributed by atoms with Gasteiger partial charge < -0.3 is 15.5 Å². The smallest absolute Gasteiger partial charge is 0.246 e. The lowest BCUT2D eigenvalue weighted by Crippen LogP contribution is -2.43. The molecule has 24 heavy (non-hydrogen) atoms. The van der Waals surface area contributed by atoms with Gasteiger partial charge in [-0.2, -0.15) is 0 Å². The third-order valence-corrected chi connectivity index (χ3v) is 4.52. The predicted molar refractivity (Wildman–Crippen MR) is 95.4 cm³/mol. The third kappa shape index (κ3) is 6.16. The van der Waals surface area contributed by atoms with E-state index >= 15 is 0 Å². The summed E-state index contributed by atoms with van der Waals surface area (Å²) in [5.74, 6) is -0.222. The lowest BCUT2D eigenvalue weighted by Gasteiger charge is -2.29. The van der Waals surface area contributed by atoms with Crippen LogP contribution in [0.4, 0.5) is 0 Å². The Balaban J connectivity index is 2.72. The first-order valence-corrected chi connectivity index (χ1v) is 8.66. The molecule has 0 saturated carbocycles. The van der Waals surface area contributed by atoms with Crippen LogP contribution in [0.2, 0.25) is 0 Å². The number of hydrogen-bond acceptors (Lipinski definition) is 4. The zero-order valence-corrected chi connectivity index (χ0v) is 15.4. The lowest BCUT2D eigenvalue weighted by molar-refractivity contribution is -0.132. The molecule has 1 atom stereocenters. The van der Waals surface area contributed by atoms with Crippen molar-refractivity contribution in [2.45, 2.75) is 33.4 Å². The number of rotatable bonds is 9. The van der Waals surface area contributed by atoms with Crippen molar-refractivity contribution in [3.8, 4) is 0 Å². The number of carbonyl (C=O) groups is 3. The molecular weight excluding hydrogens is 326 g/mol. The van der Waals surface area contributed by atoms with E-state index in [4.69, 9.17) is 0 Å². The molecule has 132 valence electrons. The summed E-state index contributed by atoms with van der Waals surface area (Å²) in [6, 6.07) is 3.68. The maximum Gasteiger partial charge on any atom is 0.246 e. The van der Waals surface area contributed by atoms with E-state index in [0.29, 0.717) is 18.5 Å². The van der Waals surface area contributed by atoms with Crippen LogP contribution in [-0.2, 0) is 20.9 Å². The maximum atomic E-state index is 12.2. The first kappa shape index (κ1) is 19.9. The fraction of sp³-hybridized carbons (Fsp3) is 0.471. The van der Waals surface area contributed by atoms with Crippen LogP contribution in [-0.4, -0.2) is 42.8 Å². The largest absolute Gasteiger partial charge is 0.350 e. The van der Waals surface area contributed by atoms with E-state index in [1.165, 1.54) is 0 Å². The Morgan fingerprint density at radius 3 is 2.62 bits per heavy atom. The molecule has 1 heterocycles. The molecule has 0 radical (unpaired) electrons. The highest BCUT2D eigenvalue weighted by molar-refractivity contribution is 7.09. The molecule has 0 spiro atoms. The van der Waals surface area contributed by atoms with Crippen molar-refractivity contribution in [2.24, 2.45) is 5.92 Å². The molecule has 0 fully saturated rings. The molecule has 0 saturated heterocycles. The van der Waals surface area contributed by atoms with E-state index in [1.807, 2.05) is 31.4 Å². The molecule has 3 amide bonds. The van der Waals surface area contributed by atoms with Gasteiger partial charge in [-0.3, -0.25) is 14.4 Å². The second-order valence-electron chi connectivity index (χ2n) is 5.85. The second-order valence-corrected chi connectivity index (χ2v) is 6.88. The van der Waals surface area contributed by atoms with Gasteiger partial charge in [0.1, 0.15) is 0 Å². The Bertz CT molecular complexity index is 582. The fourth-order valence-electron chi connectivity index (χ4n) is 2.22. The first-order chi connectivity index (χ1) is 11.4. The van der Waals surface area contributed by atoms with E-state index in [0.717, 1.165) is 4.88 Å². The highest BCUT2D eigenvalue weighted by Gasteiger charge is 2.22. The van der Waals surface area contributed by atoms with Crippen molar-refractivity contribution in [2.75, 3.05) is 13.6 Å². The minimum Gasteiger partial charge on any atom is -0.350 e. The van der Waals surface area contributed by atoms with Gasteiger partial charge in [-0.05, 0) is 24.3 Å². The van der Waals surface area contributed by atoms with Crippen molar-refractivity contribution in [1.82, 2.24) is 15.5 Å². The topological polar surface area (TPSA) is 78.5 Å². The quantitative estimate of drug-likeness (QED) is 0.523. The predicted octanol–water partition coefficient (Wildman–Crippen LogP) is 1.54. The van der Waals surface area contributed by atoms with Gasteiger partial charge in [0.2, 0.25) is 18.2 Å². The summed E-state index contributed by atoms with van der Waals surface area (Å²) in [5, 5.41) is 7.20. The second kappa shape index (κ2) is 9.87. The summed E-state index contributed by atoms with van der Waals surface area (Å²) in [6.07, 6.45) is 2.29. The molecule has 1 aromatic rings. The van der Waals surface area contributed by atoms with E-state index in [1.54, 1.807) is 36.3 Å². The highest BCUT2D eigenvalue weighted by Crippen LogP contribution is 2.14. The molecule has 2 N–H and O–H groups in total. The number of nitrogens with one attached hydrogen (secondary N) is 2. The number of thiophene rings is 1. The number of carbonyl (C=O) groups excluding carboxylic acids is 3. The van der Waals surface area contributed by atoms with Crippen LogP contribution in [0.15, 0.2) is 29.2 Å². The number of likely N-dealkylation sites (N-methyl/N-ethyl adjacent to an activating group) is 1. The summed E-state index contributed by atoms with van der Waals surface area (Å²) in [6.45, 7) is 6.14. The van der Waals surface area contributed by atoms with Gasteiger partial charge in [-0.25, -0.2) is 0 Å². The number of amides is 3. The molecule has 0 aliphatic carbocycles. The van der Waals surface area contributed by atoms with E-state index in [-0.39, 0.29) is 30.3 Å². The summed E-state index contributed by atoms with van der Waals surface area (Å²) >= 11 is 1.59. The molecule has 0 aliphatic heterocycles. The molecular formula is C17H25N3O3S. The van der Waals surface area contributed by atoms with E-state index in [2.05, 4.69) is 10.6 Å². The Morgan fingerprint density at radius 2 is 2.08 bits per heavy atom. The molecule has 1 aromatic heterocycles. The molecule has 0 aromatic carbocycles. The molecule has 1 rings (SSSR count). The van der Waals surface area contributed by atoms with E-state index < -0.39 is 0 Å². The Morgan fingerprint density at radius 1 is 1.38 bits per heavy atom. The number of nitrogens with zero attached hydrogens (tertiary/aromatic N) is 1. The standard InChI is InChI=1S/C17H25N3O3S/c1-12(2)15(20(4)16(22)10-18-11-21)8-13(3)17(23)19-9-14-6-5-7-24-14/h5-8,11-12,15H,9-10H2,1-4H3,(H,18,21)(H,19,23)/b13-8+. The van der Waals surface area contributed by atoms with Gasteiger partial charge in [-0.1, -0.05) is 26.0 Å². The molecule has 7 heteroatoms. The Labute approximate surface area is 146 Å². The Hall–Kier alpha value is -2.15. The van der Waals surface area contributed by atoms with Crippen molar-refractivity contribution in [3.05, 3.63) is 34.0 Å². The molecule has 1 unspecified atom stereocenters. The average molecular weight is 351 g/mol. The minimum atomic E-state index is -0.224. The molecule has 0 aliphatic rings. The van der Waals surface area contributed by atoms with Gasteiger partial charge in [0.15, 0.2) is 0 Å². The third-order valence-electron chi connectivity index (χ3n) is 3.64. The zero-order chi connectivity index (χ0) is 18.1. The highest BCUT2D eigenvalue weighted by atomic mass is 32.1. The summed E-state index contributed by atoms with van der Waals surface area (Å²) in [5.41, 5.74) is 0.563. The van der Waals surface area contributed by atoms with Gasteiger partial charge in [-0.15, -0.1) is 11.3 Å². The lowest BCUT2D eigenvalue weighted by atomic mass is 10.00. The maximum absolute atomic E-state index is 12.2. The monoisotopic (exact) mass is 351 g/mol. The summed E-state index contributed by atoms with van der Waals surface area (Å²) in [4.78, 5) is 37.2. The van der Waals surface area contributed by atoms with Crippen LogP contribution in [0.25, 0.3) is 0 Å². The SMILES string of the molecule is C/C(=C\C(C(C)C)N(C)C(=O)CNC=O)C(=O)NCc1cccs1. The van der Waals surface area contributed by atoms with Crippen LogP contribution in [0.5, 0.6) is 0 Å². The van der Waals surface area contributed by atoms with Crippen molar-refractivity contribution in [1.29, 1.82) is 0 Å². The van der Waals surface area contributed by atoms with Crippen molar-refractivity contribution < 1.29 is 14.4 Å². The van der Waals surface area contributed by atoms with Gasteiger partial charge in [0.05, 0.1) is 19.1 Å².